The fraction of sp³-hybridized carbons (Fsp3) is 0.240. The van der Waals surface area contributed by atoms with Gasteiger partial charge in [-0.2, -0.15) is 29.6 Å². The molecule has 1 saturated heterocycles. The molecule has 0 radical (unpaired) electrons. The Morgan fingerprint density at radius 3 is 2.42 bits per heavy atom. The second-order valence-electron chi connectivity index (χ2n) is 8.90. The molecule has 2 aromatic carbocycles. The molecule has 1 fully saturated rings. The molecule has 10 nitrogen and oxygen atoms in total. The van der Waals surface area contributed by atoms with Crippen molar-refractivity contribution in [1.82, 2.24) is 15.1 Å². The van der Waals surface area contributed by atoms with Gasteiger partial charge in [-0.3, -0.25) is 14.8 Å². The molecule has 4 aromatic rings. The Kier molecular flexibility index (Phi) is 8.58. The average Bonchev–Trinajstić information content (AvgIpc) is 3.66. The first kappa shape index (κ1) is 29.2. The molecule has 0 unspecified atom stereocenters. The summed E-state index contributed by atoms with van der Waals surface area (Å²) in [5, 5.41) is 27.6. The van der Waals surface area contributed by atoms with Gasteiger partial charge in [-0.25, -0.2) is 18.4 Å². The molecule has 40 heavy (non-hydrogen) atoms. The Hall–Kier alpha value is -3.79. The van der Waals surface area contributed by atoms with E-state index in [1.54, 1.807) is 23.5 Å². The highest BCUT2D eigenvalue weighted by Gasteiger charge is 2.38. The van der Waals surface area contributed by atoms with Crippen LogP contribution >= 0.6 is 11.3 Å². The molecule has 5 rings (SSSR count). The molecule has 212 valence electrons. The van der Waals surface area contributed by atoms with E-state index in [2.05, 4.69) is 20.4 Å². The predicted molar refractivity (Wildman–Crippen MR) is 143 cm³/mol. The van der Waals surface area contributed by atoms with Crippen molar-refractivity contribution in [3.05, 3.63) is 64.9 Å². The van der Waals surface area contributed by atoms with E-state index >= 15 is 0 Å². The lowest BCUT2D eigenvalue weighted by Crippen LogP contribution is -2.35. The molecule has 0 saturated carbocycles. The number of hydrogen-bond acceptors (Lipinski definition) is 7. The van der Waals surface area contributed by atoms with E-state index in [-0.39, 0.29) is 16.8 Å². The molecule has 1 atom stereocenters. The number of sulfonamides is 1. The molecule has 3 heterocycles. The summed E-state index contributed by atoms with van der Waals surface area (Å²) in [5.41, 5.74) is 3.63. The minimum absolute atomic E-state index is 0.0184. The van der Waals surface area contributed by atoms with Gasteiger partial charge in [0, 0.05) is 16.6 Å². The highest BCUT2D eigenvalue weighted by molar-refractivity contribution is 7.89. The molecule has 0 spiro atoms. The zero-order chi connectivity index (χ0) is 29.1. The number of anilines is 1. The molecule has 15 heteroatoms. The zero-order valence-electron chi connectivity index (χ0n) is 20.7. The number of aromatic amines is 1. The number of carboxylic acid groups (broad SMARTS) is 1. The Morgan fingerprint density at radius 1 is 1.12 bits per heavy atom. The summed E-state index contributed by atoms with van der Waals surface area (Å²) >= 11 is 1.59. The molecular weight excluding hydrogens is 571 g/mol. The van der Waals surface area contributed by atoms with Crippen molar-refractivity contribution in [3.8, 4) is 11.3 Å². The normalized spacial score (nSPS) is 14.9. The van der Waals surface area contributed by atoms with Crippen LogP contribution in [0.4, 0.5) is 18.9 Å². The minimum Gasteiger partial charge on any atom is -0.475 e. The Labute approximate surface area is 230 Å². The third-order valence-corrected chi connectivity index (χ3v) is 7.73. The average molecular weight is 596 g/mol. The standard InChI is InChI=1S/C23H23N5O3S2.C2HF3O2/c24-33(30,31)18-5-3-4-15(12-18)21-19-13-17(6-7-20(19)26-27-21)25-23(29)22(16-8-11-32-14-16)28-9-1-2-10-28;3-2(4,5)1(6)7/h3-8,11-14,22H,1-2,9-10H2,(H,25,29)(H,26,27)(H2,24,30,31);(H,6,7)/t22-;/m1./s1. The van der Waals surface area contributed by atoms with Crippen LogP contribution in [0.3, 0.4) is 0 Å². The topological polar surface area (TPSA) is 158 Å². The number of nitrogens with one attached hydrogen (secondary N) is 2. The van der Waals surface area contributed by atoms with E-state index in [1.165, 1.54) is 12.1 Å². The number of primary sulfonamides is 1. The van der Waals surface area contributed by atoms with Crippen LogP contribution in [0.5, 0.6) is 0 Å². The first-order valence-corrected chi connectivity index (χ1v) is 14.3. The maximum atomic E-state index is 13.3. The number of nitrogens with zero attached hydrogens (tertiary/aromatic N) is 2. The number of aromatic nitrogens is 2. The summed E-state index contributed by atoms with van der Waals surface area (Å²) in [5.74, 6) is -2.83. The molecule has 2 aromatic heterocycles. The van der Waals surface area contributed by atoms with E-state index in [4.69, 9.17) is 15.0 Å². The fourth-order valence-corrected chi connectivity index (χ4v) is 5.54. The summed E-state index contributed by atoms with van der Waals surface area (Å²) in [7, 11) is -3.83. The van der Waals surface area contributed by atoms with Gasteiger partial charge in [-0.05, 0) is 78.7 Å². The third-order valence-electron chi connectivity index (χ3n) is 6.12. The Balaban J connectivity index is 0.000000470. The van der Waals surface area contributed by atoms with Gasteiger partial charge < -0.3 is 10.4 Å². The van der Waals surface area contributed by atoms with Gasteiger partial charge in [-0.1, -0.05) is 12.1 Å². The smallest absolute Gasteiger partial charge is 0.475 e. The van der Waals surface area contributed by atoms with Gasteiger partial charge in [0.25, 0.3) is 0 Å². The number of carbonyl (C=O) groups is 2. The molecule has 5 N–H and O–H groups in total. The number of nitrogens with two attached hydrogens (primary N) is 1. The molecule has 1 aliphatic rings. The van der Waals surface area contributed by atoms with Gasteiger partial charge in [0.1, 0.15) is 11.7 Å². The number of likely N-dealkylation sites (tertiary alicyclic amines) is 1. The highest BCUT2D eigenvalue weighted by atomic mass is 32.2. The number of halogens is 3. The third kappa shape index (κ3) is 6.85. The van der Waals surface area contributed by atoms with Crippen LogP contribution in [0.15, 0.2) is 64.2 Å². The Morgan fingerprint density at radius 2 is 1.82 bits per heavy atom. The van der Waals surface area contributed by atoms with Gasteiger partial charge in [-0.15, -0.1) is 0 Å². The SMILES string of the molecule is NS(=O)(=O)c1cccc(-c2n[nH]c3ccc(NC(=O)[C@@H](c4ccsc4)N4CCCC4)cc23)c1.O=C(O)C(F)(F)F. The number of H-pyrrole nitrogens is 1. The lowest BCUT2D eigenvalue weighted by molar-refractivity contribution is -0.192. The van der Waals surface area contributed by atoms with Crippen molar-refractivity contribution in [1.29, 1.82) is 0 Å². The molecule has 0 aliphatic carbocycles. The van der Waals surface area contributed by atoms with Crippen molar-refractivity contribution in [2.75, 3.05) is 18.4 Å². The first-order chi connectivity index (χ1) is 18.8. The number of rotatable bonds is 6. The maximum Gasteiger partial charge on any atom is 0.490 e. The lowest BCUT2D eigenvalue weighted by atomic mass is 10.1. The summed E-state index contributed by atoms with van der Waals surface area (Å²) in [6, 6.07) is 13.5. The van der Waals surface area contributed by atoms with E-state index in [9.17, 15) is 26.4 Å². The number of benzene rings is 2. The van der Waals surface area contributed by atoms with Crippen LogP contribution in [-0.4, -0.2) is 59.8 Å². The van der Waals surface area contributed by atoms with Gasteiger partial charge >= 0.3 is 12.1 Å². The zero-order valence-corrected chi connectivity index (χ0v) is 22.3. The van der Waals surface area contributed by atoms with Crippen LogP contribution < -0.4 is 10.5 Å². The number of thiophene rings is 1. The maximum absolute atomic E-state index is 13.3. The van der Waals surface area contributed by atoms with E-state index in [0.29, 0.717) is 16.9 Å². The first-order valence-electron chi connectivity index (χ1n) is 11.8. The second-order valence-corrected chi connectivity index (χ2v) is 11.2. The van der Waals surface area contributed by atoms with Crippen molar-refractivity contribution < 1.29 is 36.3 Å². The van der Waals surface area contributed by atoms with Crippen LogP contribution in [-0.2, 0) is 19.6 Å². The minimum atomic E-state index is -5.08. The number of carbonyl (C=O) groups excluding carboxylic acids is 1. The van der Waals surface area contributed by atoms with Gasteiger partial charge in [0.2, 0.25) is 15.9 Å². The predicted octanol–water partition coefficient (Wildman–Crippen LogP) is 4.35. The number of amides is 1. The van der Waals surface area contributed by atoms with Crippen molar-refractivity contribution in [2.45, 2.75) is 30.0 Å². The molecule has 1 amide bonds. The van der Waals surface area contributed by atoms with E-state index < -0.39 is 22.2 Å². The molecule has 1 aliphatic heterocycles. The highest BCUT2D eigenvalue weighted by Crippen LogP contribution is 2.32. The van der Waals surface area contributed by atoms with Crippen molar-refractivity contribution in [3.63, 3.8) is 0 Å². The largest absolute Gasteiger partial charge is 0.490 e. The van der Waals surface area contributed by atoms with Crippen LogP contribution in [0.25, 0.3) is 22.2 Å². The molecule has 0 bridgehead atoms. The fourth-order valence-electron chi connectivity index (χ4n) is 4.30. The monoisotopic (exact) mass is 595 g/mol. The second kappa shape index (κ2) is 11.8. The quantitative estimate of drug-likeness (QED) is 0.258. The van der Waals surface area contributed by atoms with E-state index in [0.717, 1.165) is 42.4 Å². The number of hydrogen-bond donors (Lipinski definition) is 4. The van der Waals surface area contributed by atoms with Crippen LogP contribution in [0, 0.1) is 0 Å². The number of alkyl halides is 3. The number of carboxylic acids is 1. The van der Waals surface area contributed by atoms with Crippen molar-refractivity contribution >= 4 is 49.8 Å². The Bertz CT molecular complexity index is 1620. The van der Waals surface area contributed by atoms with Crippen LogP contribution in [0.2, 0.25) is 0 Å². The van der Waals surface area contributed by atoms with Gasteiger partial charge in [0.05, 0.1) is 10.4 Å². The van der Waals surface area contributed by atoms with Crippen LogP contribution in [0.1, 0.15) is 24.4 Å². The summed E-state index contributed by atoms with van der Waals surface area (Å²) < 4.78 is 55.3. The number of aliphatic carboxylic acids is 1. The van der Waals surface area contributed by atoms with E-state index in [1.807, 2.05) is 35.0 Å². The lowest BCUT2D eigenvalue weighted by Gasteiger charge is -2.26. The van der Waals surface area contributed by atoms with Crippen molar-refractivity contribution in [2.24, 2.45) is 5.14 Å². The molecular formula is C25H24F3N5O5S2. The summed E-state index contributed by atoms with van der Waals surface area (Å²) in [6.07, 6.45) is -2.90. The number of fused-ring (bicyclic) bond motifs is 1. The summed E-state index contributed by atoms with van der Waals surface area (Å²) in [4.78, 5) is 24.5. The summed E-state index contributed by atoms with van der Waals surface area (Å²) in [6.45, 7) is 1.80. The van der Waals surface area contributed by atoms with Gasteiger partial charge in [0.15, 0.2) is 0 Å².